The third-order valence-corrected chi connectivity index (χ3v) is 10.9. The molecule has 6 atom stereocenters. The number of aryl methyl sites for hydroxylation is 1. The molecule has 3 fully saturated rings. The van der Waals surface area contributed by atoms with Crippen molar-refractivity contribution >= 4 is 45.2 Å². The van der Waals surface area contributed by atoms with E-state index >= 15 is 4.79 Å². The van der Waals surface area contributed by atoms with Crippen LogP contribution < -0.4 is 10.2 Å². The number of methoxy groups -OCH3 is 1. The number of aromatic hydroxyl groups is 1. The van der Waals surface area contributed by atoms with E-state index in [9.17, 15) is 19.5 Å². The molecule has 0 aromatic heterocycles. The van der Waals surface area contributed by atoms with Crippen LogP contribution >= 0.6 is 15.9 Å². The first-order valence-corrected chi connectivity index (χ1v) is 16.3. The van der Waals surface area contributed by atoms with Gasteiger partial charge in [-0.2, -0.15) is 5.01 Å². The van der Waals surface area contributed by atoms with E-state index in [1.165, 1.54) is 12.0 Å². The van der Waals surface area contributed by atoms with Crippen molar-refractivity contribution in [2.24, 2.45) is 23.7 Å². The highest BCUT2D eigenvalue weighted by molar-refractivity contribution is 9.10. The van der Waals surface area contributed by atoms with Crippen LogP contribution in [0.2, 0.25) is 0 Å². The maximum Gasteiger partial charge on any atom is 0.260 e. The second kappa shape index (κ2) is 11.1. The molecule has 3 aromatic carbocycles. The zero-order valence-electron chi connectivity index (χ0n) is 25.7. The Morgan fingerprint density at radius 2 is 1.70 bits per heavy atom. The van der Waals surface area contributed by atoms with E-state index in [0.717, 1.165) is 16.1 Å². The minimum Gasteiger partial charge on any atom is -0.504 e. The fraction of sp³-hybridized carbons (Fsp3) is 0.333. The molecule has 46 heavy (non-hydrogen) atoms. The van der Waals surface area contributed by atoms with Crippen molar-refractivity contribution in [2.75, 3.05) is 19.1 Å². The van der Waals surface area contributed by atoms with Crippen molar-refractivity contribution in [2.45, 2.75) is 38.0 Å². The molecule has 0 radical (unpaired) electrons. The van der Waals surface area contributed by atoms with E-state index in [-0.39, 0.29) is 36.3 Å². The number of likely N-dealkylation sites (tertiary alicyclic amines) is 1. The number of carbonyl (C=O) groups excluding carboxylic acids is 4. The van der Waals surface area contributed by atoms with Crippen LogP contribution in [0.5, 0.6) is 11.5 Å². The SMILES string of the molecule is CCN1C(=O)[C@H]2[C@H](CC=C3[C@H]2C[C@H]2C(=O)N(Nc4ccc(C)cc4)C(=O)[C@@]2(c2ccccc2)[C@H]3c2cc(Br)cc(OC)c2O)C1=O. The van der Waals surface area contributed by atoms with Gasteiger partial charge in [0.15, 0.2) is 11.5 Å². The van der Waals surface area contributed by atoms with Crippen molar-refractivity contribution in [3.63, 3.8) is 0 Å². The smallest absolute Gasteiger partial charge is 0.260 e. The largest absolute Gasteiger partial charge is 0.504 e. The van der Waals surface area contributed by atoms with Gasteiger partial charge in [0.05, 0.1) is 36.0 Å². The Kier molecular flexibility index (Phi) is 7.31. The summed E-state index contributed by atoms with van der Waals surface area (Å²) in [5.41, 5.74) is 5.01. The molecule has 1 saturated carbocycles. The number of nitrogens with one attached hydrogen (secondary N) is 1. The second-order valence-corrected chi connectivity index (χ2v) is 13.5. The molecule has 2 aliphatic carbocycles. The van der Waals surface area contributed by atoms with Crippen LogP contribution in [0.15, 0.2) is 82.9 Å². The van der Waals surface area contributed by atoms with E-state index in [2.05, 4.69) is 21.4 Å². The van der Waals surface area contributed by atoms with Gasteiger partial charge in [-0.05, 0) is 62.4 Å². The lowest BCUT2D eigenvalue weighted by Crippen LogP contribution is -2.53. The van der Waals surface area contributed by atoms with Gasteiger partial charge >= 0.3 is 0 Å². The number of phenolic OH excluding ortho intramolecular Hbond substituents is 1. The fourth-order valence-corrected chi connectivity index (χ4v) is 8.89. The third-order valence-electron chi connectivity index (χ3n) is 10.4. The molecule has 10 heteroatoms. The van der Waals surface area contributed by atoms with Crippen molar-refractivity contribution in [1.29, 1.82) is 0 Å². The minimum atomic E-state index is -1.48. The van der Waals surface area contributed by atoms with Gasteiger partial charge < -0.3 is 9.84 Å². The number of rotatable bonds is 6. The van der Waals surface area contributed by atoms with E-state index in [0.29, 0.717) is 27.7 Å². The number of benzene rings is 3. The summed E-state index contributed by atoms with van der Waals surface area (Å²) < 4.78 is 6.17. The summed E-state index contributed by atoms with van der Waals surface area (Å²) in [6.07, 6.45) is 2.49. The quantitative estimate of drug-likeness (QED) is 0.261. The molecule has 4 aliphatic rings. The number of nitrogens with zero attached hydrogens (tertiary/aromatic N) is 2. The van der Waals surface area contributed by atoms with E-state index < -0.39 is 46.8 Å². The molecule has 2 aliphatic heterocycles. The number of ether oxygens (including phenoxy) is 1. The lowest BCUT2D eigenvalue weighted by Gasteiger charge is -2.50. The maximum atomic E-state index is 15.2. The molecular formula is C36H34BrN3O6. The molecule has 3 aromatic rings. The number of hydrogen-bond donors (Lipinski definition) is 2. The third kappa shape index (κ3) is 4.18. The van der Waals surface area contributed by atoms with Crippen molar-refractivity contribution in [3.8, 4) is 11.5 Å². The Labute approximate surface area is 275 Å². The summed E-state index contributed by atoms with van der Waals surface area (Å²) >= 11 is 3.57. The van der Waals surface area contributed by atoms with Gasteiger partial charge in [-0.3, -0.25) is 29.5 Å². The predicted molar refractivity (Wildman–Crippen MR) is 174 cm³/mol. The molecule has 0 bridgehead atoms. The number of amides is 4. The molecule has 4 amide bonds. The number of carbonyl (C=O) groups is 4. The standard InChI is InChI=1S/C36H34BrN3O6/c1-4-39-32(42)24-15-14-23-25(29(24)34(39)44)18-27-33(43)40(38-22-12-10-19(2)11-13-22)35(45)36(27,20-8-6-5-7-9-20)30(23)26-16-21(37)17-28(46-3)31(26)41/h5-14,16-17,24-25,27,29-30,38,41H,4,15,18H2,1-3H3/t24-,25+,27-,29-,30+,36+/m0/s1. The van der Waals surface area contributed by atoms with Gasteiger partial charge in [-0.15, -0.1) is 0 Å². The van der Waals surface area contributed by atoms with Crippen LogP contribution in [0.25, 0.3) is 0 Å². The Hall–Kier alpha value is -4.44. The summed E-state index contributed by atoms with van der Waals surface area (Å²) in [6.45, 7) is 4.00. The molecule has 7 rings (SSSR count). The molecule has 2 heterocycles. The first kappa shape index (κ1) is 30.2. The molecule has 0 spiro atoms. The highest BCUT2D eigenvalue weighted by Gasteiger charge is 2.70. The number of halogens is 1. The molecule has 9 nitrogen and oxygen atoms in total. The first-order chi connectivity index (χ1) is 22.1. The minimum absolute atomic E-state index is 0.150. The number of anilines is 1. The van der Waals surface area contributed by atoms with Gasteiger partial charge in [0.25, 0.3) is 11.8 Å². The normalized spacial score (nSPS) is 28.5. The average molecular weight is 685 g/mol. The van der Waals surface area contributed by atoms with Crippen molar-refractivity contribution < 1.29 is 29.0 Å². The first-order valence-electron chi connectivity index (χ1n) is 15.5. The number of allylic oxidation sites excluding steroid dienone is 2. The summed E-state index contributed by atoms with van der Waals surface area (Å²) in [4.78, 5) is 58.3. The Morgan fingerprint density at radius 3 is 2.37 bits per heavy atom. The Balaban J connectivity index is 1.49. The van der Waals surface area contributed by atoms with E-state index in [1.54, 1.807) is 19.1 Å². The molecule has 0 unspecified atom stereocenters. The zero-order chi connectivity index (χ0) is 32.5. The monoisotopic (exact) mass is 683 g/mol. The van der Waals surface area contributed by atoms with Crippen molar-refractivity contribution in [3.05, 3.63) is 99.5 Å². The lowest BCUT2D eigenvalue weighted by atomic mass is 9.49. The van der Waals surface area contributed by atoms with Gasteiger partial charge in [-0.25, -0.2) is 0 Å². The van der Waals surface area contributed by atoms with E-state index in [1.807, 2.05) is 67.6 Å². The highest BCUT2D eigenvalue weighted by atomic mass is 79.9. The summed E-state index contributed by atoms with van der Waals surface area (Å²) in [5, 5.41) is 12.9. The average Bonchev–Trinajstić information content (AvgIpc) is 3.43. The topological polar surface area (TPSA) is 116 Å². The fourth-order valence-electron chi connectivity index (χ4n) is 8.44. The molecule has 2 N–H and O–H groups in total. The molecule has 236 valence electrons. The number of hydrazine groups is 1. The molecular weight excluding hydrogens is 650 g/mol. The number of imide groups is 2. The van der Waals surface area contributed by atoms with Crippen LogP contribution in [0, 0.1) is 30.6 Å². The van der Waals surface area contributed by atoms with Crippen molar-refractivity contribution in [1.82, 2.24) is 9.91 Å². The maximum absolute atomic E-state index is 15.2. The van der Waals surface area contributed by atoms with Crippen LogP contribution in [0.4, 0.5) is 5.69 Å². The van der Waals surface area contributed by atoms with Crippen LogP contribution in [0.3, 0.4) is 0 Å². The van der Waals surface area contributed by atoms with Crippen LogP contribution in [-0.4, -0.2) is 52.3 Å². The number of phenols is 1. The Morgan fingerprint density at radius 1 is 0.978 bits per heavy atom. The number of fused-ring (bicyclic) bond motifs is 4. The lowest BCUT2D eigenvalue weighted by molar-refractivity contribution is -0.141. The van der Waals surface area contributed by atoms with Gasteiger partial charge in [0, 0.05) is 22.5 Å². The molecule has 2 saturated heterocycles. The highest BCUT2D eigenvalue weighted by Crippen LogP contribution is 2.65. The summed E-state index contributed by atoms with van der Waals surface area (Å²) in [7, 11) is 1.45. The second-order valence-electron chi connectivity index (χ2n) is 12.6. The van der Waals surface area contributed by atoms with Crippen LogP contribution in [0.1, 0.15) is 42.4 Å². The van der Waals surface area contributed by atoms with E-state index in [4.69, 9.17) is 4.74 Å². The Bertz CT molecular complexity index is 1810. The van der Waals surface area contributed by atoms with Gasteiger partial charge in [0.1, 0.15) is 0 Å². The summed E-state index contributed by atoms with van der Waals surface area (Å²) in [5.74, 6) is -4.74. The van der Waals surface area contributed by atoms with Gasteiger partial charge in [-0.1, -0.05) is 75.6 Å². The summed E-state index contributed by atoms with van der Waals surface area (Å²) in [6, 6.07) is 20.0. The zero-order valence-corrected chi connectivity index (χ0v) is 27.3. The number of hydrogen-bond acceptors (Lipinski definition) is 7. The van der Waals surface area contributed by atoms with Crippen LogP contribution in [-0.2, 0) is 24.6 Å². The van der Waals surface area contributed by atoms with Gasteiger partial charge in [0.2, 0.25) is 11.8 Å². The predicted octanol–water partition coefficient (Wildman–Crippen LogP) is 5.48.